The van der Waals surface area contributed by atoms with E-state index in [9.17, 15) is 14.4 Å². The Morgan fingerprint density at radius 2 is 1.96 bits per heavy atom. The molecule has 128 valence electrons. The molecule has 1 fully saturated rings. The number of aromatic nitrogens is 2. The molecule has 1 aliphatic rings. The maximum Gasteiger partial charge on any atom is 0.332 e. The smallest absolute Gasteiger partial charge is 0.332 e. The molecule has 0 aromatic carbocycles. The Morgan fingerprint density at radius 1 is 1.30 bits per heavy atom. The van der Waals surface area contributed by atoms with Crippen LogP contribution in [-0.4, -0.2) is 38.9 Å². The summed E-state index contributed by atoms with van der Waals surface area (Å²) in [6, 6.07) is -0.420. The standard InChI is InChI=1S/C16H26N4O3/c1-5-11-7-6-8-20(9-11)10(2)13(21)12-14(17)18(3)16(23)19(4)15(12)22/h10-11H,5-9,17H2,1-4H3. The zero-order chi connectivity index (χ0) is 17.3. The number of Topliss-reactive ketones (excluding diaryl/α,β-unsaturated/α-hetero) is 1. The highest BCUT2D eigenvalue weighted by molar-refractivity contribution is 6.03. The minimum Gasteiger partial charge on any atom is -0.384 e. The Bertz CT molecular complexity index is 719. The maximum atomic E-state index is 12.8. The lowest BCUT2D eigenvalue weighted by Gasteiger charge is -2.35. The fourth-order valence-electron chi connectivity index (χ4n) is 3.25. The fraction of sp³-hybridized carbons (Fsp3) is 0.688. The van der Waals surface area contributed by atoms with Gasteiger partial charge in [0.1, 0.15) is 11.4 Å². The number of hydrogen-bond donors (Lipinski definition) is 1. The molecule has 2 atom stereocenters. The van der Waals surface area contributed by atoms with Gasteiger partial charge >= 0.3 is 5.69 Å². The third-order valence-corrected chi connectivity index (χ3v) is 5.01. The molecule has 1 aliphatic heterocycles. The van der Waals surface area contributed by atoms with Gasteiger partial charge in [0.25, 0.3) is 5.56 Å². The molecule has 2 unspecified atom stereocenters. The highest BCUT2D eigenvalue weighted by atomic mass is 16.2. The van der Waals surface area contributed by atoms with Crippen LogP contribution in [0.5, 0.6) is 0 Å². The number of ketones is 1. The van der Waals surface area contributed by atoms with Crippen molar-refractivity contribution < 1.29 is 4.79 Å². The number of nitrogens with two attached hydrogens (primary N) is 1. The summed E-state index contributed by atoms with van der Waals surface area (Å²) < 4.78 is 2.08. The summed E-state index contributed by atoms with van der Waals surface area (Å²) in [5.41, 5.74) is 4.66. The van der Waals surface area contributed by atoms with Crippen molar-refractivity contribution in [1.82, 2.24) is 14.0 Å². The van der Waals surface area contributed by atoms with Crippen molar-refractivity contribution in [2.45, 2.75) is 39.2 Å². The normalized spacial score (nSPS) is 20.4. The zero-order valence-corrected chi connectivity index (χ0v) is 14.3. The van der Waals surface area contributed by atoms with Crippen molar-refractivity contribution >= 4 is 11.6 Å². The molecular weight excluding hydrogens is 296 g/mol. The van der Waals surface area contributed by atoms with Crippen molar-refractivity contribution in [3.63, 3.8) is 0 Å². The minimum absolute atomic E-state index is 0.0565. The van der Waals surface area contributed by atoms with E-state index >= 15 is 0 Å². The molecule has 2 N–H and O–H groups in total. The van der Waals surface area contributed by atoms with Crippen LogP contribution in [0.2, 0.25) is 0 Å². The SMILES string of the molecule is CCC1CCCN(C(C)C(=O)c2c(N)n(C)c(=O)n(C)c2=O)C1. The lowest BCUT2D eigenvalue weighted by atomic mass is 9.93. The lowest BCUT2D eigenvalue weighted by Crippen LogP contribution is -2.48. The van der Waals surface area contributed by atoms with Gasteiger partial charge in [0.05, 0.1) is 6.04 Å². The van der Waals surface area contributed by atoms with Crippen LogP contribution >= 0.6 is 0 Å². The number of likely N-dealkylation sites (tertiary alicyclic amines) is 1. The third kappa shape index (κ3) is 3.10. The van der Waals surface area contributed by atoms with Gasteiger partial charge in [-0.3, -0.25) is 23.6 Å². The number of rotatable bonds is 4. The highest BCUT2D eigenvalue weighted by Crippen LogP contribution is 2.22. The monoisotopic (exact) mass is 322 g/mol. The van der Waals surface area contributed by atoms with E-state index < -0.39 is 17.3 Å². The van der Waals surface area contributed by atoms with Gasteiger partial charge < -0.3 is 5.73 Å². The number of nitrogens with zero attached hydrogens (tertiary/aromatic N) is 3. The van der Waals surface area contributed by atoms with E-state index in [-0.39, 0.29) is 17.2 Å². The topological polar surface area (TPSA) is 90.3 Å². The largest absolute Gasteiger partial charge is 0.384 e. The molecule has 1 saturated heterocycles. The molecule has 1 aromatic heterocycles. The van der Waals surface area contributed by atoms with E-state index in [4.69, 9.17) is 5.73 Å². The first kappa shape index (κ1) is 17.5. The maximum absolute atomic E-state index is 12.8. The molecule has 1 aromatic rings. The summed E-state index contributed by atoms with van der Waals surface area (Å²) in [6.07, 6.45) is 3.32. The van der Waals surface area contributed by atoms with Gasteiger partial charge in [0.2, 0.25) is 0 Å². The van der Waals surface area contributed by atoms with E-state index in [2.05, 4.69) is 11.8 Å². The first-order valence-electron chi connectivity index (χ1n) is 8.13. The molecule has 2 heterocycles. The predicted octanol–water partition coefficient (Wildman–Crippen LogP) is 0.359. The molecule has 7 heteroatoms. The average Bonchev–Trinajstić information content (AvgIpc) is 2.57. The molecule has 7 nitrogen and oxygen atoms in total. The van der Waals surface area contributed by atoms with Gasteiger partial charge in [0, 0.05) is 20.6 Å². The van der Waals surface area contributed by atoms with Crippen LogP contribution in [0, 0.1) is 5.92 Å². The Balaban J connectivity index is 2.37. The van der Waals surface area contributed by atoms with Crippen molar-refractivity contribution in [2.24, 2.45) is 20.0 Å². The van der Waals surface area contributed by atoms with Crippen LogP contribution in [0.3, 0.4) is 0 Å². The minimum atomic E-state index is -0.619. The number of nitrogen functional groups attached to an aromatic ring is 1. The fourth-order valence-corrected chi connectivity index (χ4v) is 3.25. The van der Waals surface area contributed by atoms with Crippen LogP contribution < -0.4 is 17.0 Å². The summed E-state index contributed by atoms with van der Waals surface area (Å²) in [4.78, 5) is 39.2. The Hall–Kier alpha value is -1.89. The Morgan fingerprint density at radius 3 is 2.57 bits per heavy atom. The number of piperidine rings is 1. The first-order chi connectivity index (χ1) is 10.8. The van der Waals surface area contributed by atoms with E-state index in [1.807, 2.05) is 6.92 Å². The Labute approximate surface area is 135 Å². The molecular formula is C16H26N4O3. The summed E-state index contributed by atoms with van der Waals surface area (Å²) in [6.45, 7) is 5.66. The zero-order valence-electron chi connectivity index (χ0n) is 14.3. The molecule has 23 heavy (non-hydrogen) atoms. The third-order valence-electron chi connectivity index (χ3n) is 5.01. The average molecular weight is 322 g/mol. The predicted molar refractivity (Wildman–Crippen MR) is 89.7 cm³/mol. The van der Waals surface area contributed by atoms with Gasteiger partial charge in [-0.25, -0.2) is 4.79 Å². The van der Waals surface area contributed by atoms with Crippen LogP contribution in [0.15, 0.2) is 9.59 Å². The van der Waals surface area contributed by atoms with Crippen LogP contribution in [0.1, 0.15) is 43.5 Å². The van der Waals surface area contributed by atoms with Crippen molar-refractivity contribution in [3.8, 4) is 0 Å². The van der Waals surface area contributed by atoms with Crippen molar-refractivity contribution in [3.05, 3.63) is 26.4 Å². The van der Waals surface area contributed by atoms with Crippen molar-refractivity contribution in [2.75, 3.05) is 18.8 Å². The van der Waals surface area contributed by atoms with Gasteiger partial charge in [-0.2, -0.15) is 0 Å². The summed E-state index contributed by atoms with van der Waals surface area (Å²) in [5, 5.41) is 0. The number of anilines is 1. The first-order valence-corrected chi connectivity index (χ1v) is 8.13. The molecule has 0 amide bonds. The van der Waals surface area contributed by atoms with Gasteiger partial charge in [-0.05, 0) is 32.2 Å². The number of hydrogen-bond acceptors (Lipinski definition) is 5. The number of carbonyl (C=O) groups excluding carboxylic acids is 1. The van der Waals surface area contributed by atoms with Gasteiger partial charge in [-0.15, -0.1) is 0 Å². The molecule has 0 spiro atoms. The number of carbonyl (C=O) groups is 1. The molecule has 0 bridgehead atoms. The molecule has 0 radical (unpaired) electrons. The Kier molecular flexibility index (Phi) is 5.09. The summed E-state index contributed by atoms with van der Waals surface area (Å²) in [5.74, 6) is 0.216. The van der Waals surface area contributed by atoms with Crippen LogP contribution in [-0.2, 0) is 14.1 Å². The summed E-state index contributed by atoms with van der Waals surface area (Å²) in [7, 11) is 2.83. The highest BCUT2D eigenvalue weighted by Gasteiger charge is 2.31. The second kappa shape index (κ2) is 6.70. The van der Waals surface area contributed by atoms with Crippen molar-refractivity contribution in [1.29, 1.82) is 0 Å². The molecule has 0 saturated carbocycles. The summed E-state index contributed by atoms with van der Waals surface area (Å²) >= 11 is 0. The van der Waals surface area contributed by atoms with E-state index in [1.54, 1.807) is 0 Å². The molecule has 2 rings (SSSR count). The van der Waals surface area contributed by atoms with Crippen LogP contribution in [0.25, 0.3) is 0 Å². The lowest BCUT2D eigenvalue weighted by molar-refractivity contribution is 0.0747. The second-order valence-corrected chi connectivity index (χ2v) is 6.42. The van der Waals surface area contributed by atoms with Crippen LogP contribution in [0.4, 0.5) is 5.82 Å². The van der Waals surface area contributed by atoms with E-state index in [0.29, 0.717) is 5.92 Å². The second-order valence-electron chi connectivity index (χ2n) is 6.42. The van der Waals surface area contributed by atoms with E-state index in [1.165, 1.54) is 20.5 Å². The molecule has 0 aliphatic carbocycles. The van der Waals surface area contributed by atoms with E-state index in [0.717, 1.165) is 35.1 Å². The quantitative estimate of drug-likeness (QED) is 0.808. The van der Waals surface area contributed by atoms with Gasteiger partial charge in [0.15, 0.2) is 5.78 Å². The van der Waals surface area contributed by atoms with Gasteiger partial charge in [-0.1, -0.05) is 13.3 Å².